The molecule has 0 amide bonds. The number of carboxylic acid groups (broad SMARTS) is 1. The zero-order valence-electron chi connectivity index (χ0n) is 12.1. The summed E-state index contributed by atoms with van der Waals surface area (Å²) >= 11 is 3.40. The Hall–Kier alpha value is -1.07. The van der Waals surface area contributed by atoms with E-state index in [0.717, 1.165) is 15.8 Å². The second-order valence-corrected chi connectivity index (χ2v) is 6.17. The molecule has 1 aromatic carbocycles. The second-order valence-electron chi connectivity index (χ2n) is 5.25. The number of hydrogen-bond donors (Lipinski definition) is 2. The molecular weight excluding hydrogens is 322 g/mol. The average Bonchev–Trinajstić information content (AvgIpc) is 2.38. The highest BCUT2D eigenvalue weighted by Crippen LogP contribution is 2.23. The molecule has 20 heavy (non-hydrogen) atoms. The Bertz CT molecular complexity index is 449. The molecule has 0 radical (unpaired) electrons. The zero-order chi connectivity index (χ0) is 15.1. The van der Waals surface area contributed by atoms with E-state index in [1.54, 1.807) is 7.11 Å². The largest absolute Gasteiger partial charge is 0.496 e. The fourth-order valence-electron chi connectivity index (χ4n) is 2.09. The molecule has 0 heterocycles. The Balaban J connectivity index is 2.56. The zero-order valence-corrected chi connectivity index (χ0v) is 13.7. The Morgan fingerprint density at radius 3 is 2.70 bits per heavy atom. The van der Waals surface area contributed by atoms with Crippen molar-refractivity contribution in [2.45, 2.75) is 26.8 Å². The highest BCUT2D eigenvalue weighted by molar-refractivity contribution is 9.10. The van der Waals surface area contributed by atoms with E-state index < -0.39 is 5.97 Å². The minimum atomic E-state index is -0.742. The summed E-state index contributed by atoms with van der Waals surface area (Å²) in [5.74, 6) is 0.0770. The molecule has 1 aromatic rings. The summed E-state index contributed by atoms with van der Waals surface area (Å²) in [6, 6.07) is 5.82. The van der Waals surface area contributed by atoms with Gasteiger partial charge in [0.25, 0.3) is 0 Å². The van der Waals surface area contributed by atoms with E-state index in [9.17, 15) is 9.90 Å². The van der Waals surface area contributed by atoms with E-state index in [0.29, 0.717) is 25.4 Å². The van der Waals surface area contributed by atoms with Gasteiger partial charge in [-0.3, -0.25) is 4.79 Å². The number of methoxy groups -OCH3 is 1. The normalized spacial score (nSPS) is 12.4. The molecule has 0 spiro atoms. The summed E-state index contributed by atoms with van der Waals surface area (Å²) in [4.78, 5) is 11.2. The number of benzene rings is 1. The number of halogens is 1. The number of hydrogen-bond acceptors (Lipinski definition) is 3. The third kappa shape index (κ3) is 5.51. The second kappa shape index (κ2) is 8.27. The summed E-state index contributed by atoms with van der Waals surface area (Å²) in [7, 11) is 1.63. The van der Waals surface area contributed by atoms with Crippen molar-refractivity contribution >= 4 is 21.9 Å². The summed E-state index contributed by atoms with van der Waals surface area (Å²) in [6.07, 6.45) is 0.680. The van der Waals surface area contributed by atoms with Crippen molar-refractivity contribution in [3.05, 3.63) is 28.2 Å². The van der Waals surface area contributed by atoms with Gasteiger partial charge in [-0.1, -0.05) is 35.8 Å². The molecular formula is C15H22BrNO3. The molecule has 1 rings (SSSR count). The molecule has 1 atom stereocenters. The van der Waals surface area contributed by atoms with Crippen LogP contribution in [0.2, 0.25) is 0 Å². The smallest absolute Gasteiger partial charge is 0.307 e. The molecule has 2 N–H and O–H groups in total. The standard InChI is InChI=1S/C15H22BrNO3/c1-10(2)6-12(15(18)19)9-17-8-11-4-5-13(16)7-14(11)20-3/h4-5,7,10,12,17H,6,8-9H2,1-3H3,(H,18,19). The van der Waals surface area contributed by atoms with Crippen LogP contribution in [0.1, 0.15) is 25.8 Å². The van der Waals surface area contributed by atoms with Gasteiger partial charge in [-0.15, -0.1) is 0 Å². The summed E-state index contributed by atoms with van der Waals surface area (Å²) in [5, 5.41) is 12.4. The fourth-order valence-corrected chi connectivity index (χ4v) is 2.43. The number of rotatable bonds is 8. The molecule has 0 saturated carbocycles. The molecule has 112 valence electrons. The Kier molecular flexibility index (Phi) is 7.02. The predicted octanol–water partition coefficient (Wildman–Crippen LogP) is 3.29. The molecule has 4 nitrogen and oxygen atoms in total. The first-order valence-electron chi connectivity index (χ1n) is 6.70. The molecule has 0 fully saturated rings. The van der Waals surface area contributed by atoms with Crippen LogP contribution in [0.3, 0.4) is 0 Å². The maximum Gasteiger partial charge on any atom is 0.307 e. The predicted molar refractivity (Wildman–Crippen MR) is 83.0 cm³/mol. The van der Waals surface area contributed by atoms with E-state index in [4.69, 9.17) is 4.74 Å². The Morgan fingerprint density at radius 1 is 1.45 bits per heavy atom. The maximum absolute atomic E-state index is 11.2. The fraction of sp³-hybridized carbons (Fsp3) is 0.533. The van der Waals surface area contributed by atoms with Crippen molar-refractivity contribution in [2.75, 3.05) is 13.7 Å². The first kappa shape index (κ1) is 17.0. The Morgan fingerprint density at radius 2 is 2.15 bits per heavy atom. The van der Waals surface area contributed by atoms with Crippen molar-refractivity contribution in [2.24, 2.45) is 11.8 Å². The van der Waals surface area contributed by atoms with Crippen LogP contribution in [-0.2, 0) is 11.3 Å². The van der Waals surface area contributed by atoms with E-state index in [1.807, 2.05) is 32.0 Å². The molecule has 0 saturated heterocycles. The van der Waals surface area contributed by atoms with Gasteiger partial charge >= 0.3 is 5.97 Å². The van der Waals surface area contributed by atoms with E-state index in [1.165, 1.54) is 0 Å². The van der Waals surface area contributed by atoms with Crippen LogP contribution in [0.15, 0.2) is 22.7 Å². The SMILES string of the molecule is COc1cc(Br)ccc1CNCC(CC(C)C)C(=O)O. The van der Waals surface area contributed by atoms with Crippen LogP contribution in [0.4, 0.5) is 0 Å². The molecule has 0 bridgehead atoms. The highest BCUT2D eigenvalue weighted by Gasteiger charge is 2.18. The number of ether oxygens (including phenoxy) is 1. The lowest BCUT2D eigenvalue weighted by atomic mass is 9.97. The summed E-state index contributed by atoms with van der Waals surface area (Å²) in [6.45, 7) is 5.13. The molecule has 0 aliphatic rings. The summed E-state index contributed by atoms with van der Waals surface area (Å²) < 4.78 is 6.27. The van der Waals surface area contributed by atoms with E-state index >= 15 is 0 Å². The lowest BCUT2D eigenvalue weighted by Crippen LogP contribution is -2.29. The average molecular weight is 344 g/mol. The van der Waals surface area contributed by atoms with Gasteiger partial charge in [-0.25, -0.2) is 0 Å². The minimum Gasteiger partial charge on any atom is -0.496 e. The van der Waals surface area contributed by atoms with Gasteiger partial charge in [0.1, 0.15) is 5.75 Å². The van der Waals surface area contributed by atoms with Crippen LogP contribution < -0.4 is 10.1 Å². The van der Waals surface area contributed by atoms with Crippen LogP contribution in [0.25, 0.3) is 0 Å². The van der Waals surface area contributed by atoms with Gasteiger partial charge in [0.15, 0.2) is 0 Å². The lowest BCUT2D eigenvalue weighted by Gasteiger charge is -2.16. The van der Waals surface area contributed by atoms with Crippen LogP contribution in [0.5, 0.6) is 5.75 Å². The molecule has 5 heteroatoms. The van der Waals surface area contributed by atoms with Gasteiger partial charge in [-0.05, 0) is 24.5 Å². The van der Waals surface area contributed by atoms with Crippen molar-refractivity contribution in [3.63, 3.8) is 0 Å². The molecule has 0 aromatic heterocycles. The van der Waals surface area contributed by atoms with Gasteiger partial charge < -0.3 is 15.2 Å². The van der Waals surface area contributed by atoms with Crippen molar-refractivity contribution < 1.29 is 14.6 Å². The first-order chi connectivity index (χ1) is 9.43. The first-order valence-corrected chi connectivity index (χ1v) is 7.49. The third-order valence-corrected chi connectivity index (χ3v) is 3.55. The van der Waals surface area contributed by atoms with E-state index in [2.05, 4.69) is 21.2 Å². The molecule has 0 aliphatic heterocycles. The minimum absolute atomic E-state index is 0.351. The van der Waals surface area contributed by atoms with Crippen molar-refractivity contribution in [1.82, 2.24) is 5.32 Å². The molecule has 0 aliphatic carbocycles. The third-order valence-electron chi connectivity index (χ3n) is 3.06. The topological polar surface area (TPSA) is 58.6 Å². The van der Waals surface area contributed by atoms with E-state index in [-0.39, 0.29) is 5.92 Å². The van der Waals surface area contributed by atoms with Gasteiger partial charge in [0.05, 0.1) is 13.0 Å². The van der Waals surface area contributed by atoms with Crippen molar-refractivity contribution in [1.29, 1.82) is 0 Å². The van der Waals surface area contributed by atoms with Gasteiger partial charge in [0, 0.05) is 23.1 Å². The number of nitrogens with one attached hydrogen (secondary N) is 1. The number of aliphatic carboxylic acids is 1. The lowest BCUT2D eigenvalue weighted by molar-refractivity contribution is -0.142. The van der Waals surface area contributed by atoms with Crippen LogP contribution in [0, 0.1) is 11.8 Å². The number of carboxylic acids is 1. The van der Waals surface area contributed by atoms with Crippen LogP contribution in [-0.4, -0.2) is 24.7 Å². The number of carbonyl (C=O) groups is 1. The summed E-state index contributed by atoms with van der Waals surface area (Å²) in [5.41, 5.74) is 1.02. The van der Waals surface area contributed by atoms with Crippen molar-refractivity contribution in [3.8, 4) is 5.75 Å². The molecule has 1 unspecified atom stereocenters. The Labute approximate surface area is 128 Å². The monoisotopic (exact) mass is 343 g/mol. The quantitative estimate of drug-likeness (QED) is 0.760. The van der Waals surface area contributed by atoms with Gasteiger partial charge in [-0.2, -0.15) is 0 Å². The van der Waals surface area contributed by atoms with Gasteiger partial charge in [0.2, 0.25) is 0 Å². The highest BCUT2D eigenvalue weighted by atomic mass is 79.9. The van der Waals surface area contributed by atoms with Crippen LogP contribution >= 0.6 is 15.9 Å². The maximum atomic E-state index is 11.2.